The second-order valence-electron chi connectivity index (χ2n) is 13.2. The Labute approximate surface area is 308 Å². The zero-order chi connectivity index (χ0) is 38.0. The molecule has 13 heteroatoms. The Morgan fingerprint density at radius 1 is 0.509 bits per heavy atom. The van der Waals surface area contributed by atoms with Crippen LogP contribution in [0, 0.1) is 0 Å². The normalized spacial score (nSPS) is 17.3. The predicted molar refractivity (Wildman–Crippen MR) is 186 cm³/mol. The van der Waals surface area contributed by atoms with Gasteiger partial charge in [-0.25, -0.2) is 19.2 Å². The lowest BCUT2D eigenvalue weighted by Crippen LogP contribution is -2.33. The van der Waals surface area contributed by atoms with Crippen LogP contribution in [0.5, 0.6) is 46.0 Å². The molecular weight excluding hydrogens is 712 g/mol. The number of phenols is 3. The second-order valence-corrected chi connectivity index (χ2v) is 13.2. The van der Waals surface area contributed by atoms with Gasteiger partial charge in [-0.1, -0.05) is 24.3 Å². The number of rotatable bonds is 3. The number of fused-ring (bicyclic) bond motifs is 12. The number of hydrogen-bond acceptors (Lipinski definition) is 12. The third-order valence-electron chi connectivity index (χ3n) is 10.3. The van der Waals surface area contributed by atoms with Gasteiger partial charge in [0.1, 0.15) is 46.0 Å². The van der Waals surface area contributed by atoms with E-state index in [1.807, 2.05) is 0 Å². The Hall–Kier alpha value is -7.80. The summed E-state index contributed by atoms with van der Waals surface area (Å²) < 4.78 is 30.2. The maximum atomic E-state index is 14.0. The van der Waals surface area contributed by atoms with E-state index in [0.717, 1.165) is 0 Å². The van der Waals surface area contributed by atoms with Crippen molar-refractivity contribution in [1.82, 2.24) is 0 Å². The van der Waals surface area contributed by atoms with Gasteiger partial charge in [0.2, 0.25) is 0 Å². The third kappa shape index (κ3) is 4.22. The Bertz CT molecular complexity index is 2730. The zero-order valence-electron chi connectivity index (χ0n) is 27.9. The van der Waals surface area contributed by atoms with E-state index in [9.17, 15) is 39.6 Å². The first-order valence-electron chi connectivity index (χ1n) is 16.7. The van der Waals surface area contributed by atoms with Crippen molar-refractivity contribution < 1.29 is 63.3 Å². The second kappa shape index (κ2) is 10.9. The fourth-order valence-corrected chi connectivity index (χ4v) is 8.06. The van der Waals surface area contributed by atoms with Crippen LogP contribution in [0.15, 0.2) is 109 Å². The molecule has 4 heterocycles. The Balaban J connectivity index is 1.07. The number of aromatic carboxylic acids is 1. The van der Waals surface area contributed by atoms with Gasteiger partial charge in [-0.3, -0.25) is 0 Å². The summed E-state index contributed by atoms with van der Waals surface area (Å²) in [4.78, 5) is 53.4. The van der Waals surface area contributed by atoms with Crippen molar-refractivity contribution in [3.63, 3.8) is 0 Å². The minimum absolute atomic E-state index is 0.0299. The van der Waals surface area contributed by atoms with Gasteiger partial charge in [-0.15, -0.1) is 0 Å². The molecule has 6 aromatic carbocycles. The molecule has 0 bridgehead atoms. The minimum atomic E-state index is -1.68. The highest BCUT2D eigenvalue weighted by molar-refractivity contribution is 6.08. The summed E-state index contributed by atoms with van der Waals surface area (Å²) in [6.45, 7) is 0. The number of hydrogen-bond donors (Lipinski definition) is 4. The molecular formula is C42H22O13. The van der Waals surface area contributed by atoms with E-state index in [-0.39, 0.29) is 73.8 Å². The molecule has 0 fully saturated rings. The fraction of sp³-hybridized carbons (Fsp3) is 0.0476. The monoisotopic (exact) mass is 734 g/mol. The van der Waals surface area contributed by atoms with Crippen LogP contribution >= 0.6 is 0 Å². The number of carbonyl (C=O) groups is 4. The number of ether oxygens (including phenoxy) is 5. The van der Waals surface area contributed by atoms with Gasteiger partial charge >= 0.3 is 23.9 Å². The van der Waals surface area contributed by atoms with Crippen LogP contribution in [0.4, 0.5) is 0 Å². The highest BCUT2D eigenvalue weighted by Gasteiger charge is 2.56. The molecule has 0 saturated heterocycles. The molecule has 10 rings (SSSR count). The predicted octanol–water partition coefficient (Wildman–Crippen LogP) is 6.86. The summed E-state index contributed by atoms with van der Waals surface area (Å²) >= 11 is 0. The summed E-state index contributed by atoms with van der Waals surface area (Å²) in [5.41, 5.74) is -1.99. The van der Waals surface area contributed by atoms with Gasteiger partial charge in [-0.05, 0) is 60.7 Å². The van der Waals surface area contributed by atoms with Crippen molar-refractivity contribution in [3.8, 4) is 46.0 Å². The molecule has 6 aromatic rings. The van der Waals surface area contributed by atoms with E-state index in [0.29, 0.717) is 27.8 Å². The maximum Gasteiger partial charge on any atom is 0.344 e. The largest absolute Gasteiger partial charge is 0.508 e. The number of carbonyl (C=O) groups excluding carboxylic acids is 3. The van der Waals surface area contributed by atoms with Gasteiger partial charge in [-0.2, -0.15) is 0 Å². The van der Waals surface area contributed by atoms with E-state index in [1.54, 1.807) is 30.3 Å². The summed E-state index contributed by atoms with van der Waals surface area (Å²) in [6.07, 6.45) is 0. The number of phenolic OH excluding ortho intramolecular Hbond substituents is 3. The quantitative estimate of drug-likeness (QED) is 0.109. The molecule has 4 aliphatic heterocycles. The van der Waals surface area contributed by atoms with Crippen LogP contribution in [0.25, 0.3) is 0 Å². The van der Waals surface area contributed by atoms with Crippen molar-refractivity contribution >= 4 is 23.9 Å². The molecule has 0 amide bonds. The van der Waals surface area contributed by atoms with E-state index < -0.39 is 35.1 Å². The van der Waals surface area contributed by atoms with E-state index in [1.165, 1.54) is 78.9 Å². The summed E-state index contributed by atoms with van der Waals surface area (Å²) in [7, 11) is 0. The Kier molecular flexibility index (Phi) is 6.30. The molecule has 4 N–H and O–H groups in total. The van der Waals surface area contributed by atoms with Crippen LogP contribution in [-0.4, -0.2) is 44.3 Å². The van der Waals surface area contributed by atoms with Crippen LogP contribution in [0.3, 0.4) is 0 Å². The number of carboxylic acids is 1. The molecule has 55 heavy (non-hydrogen) atoms. The van der Waals surface area contributed by atoms with Crippen molar-refractivity contribution in [3.05, 3.63) is 165 Å². The van der Waals surface area contributed by atoms with Crippen molar-refractivity contribution in [1.29, 1.82) is 0 Å². The lowest BCUT2D eigenvalue weighted by molar-refractivity contribution is 0.0212. The third-order valence-corrected chi connectivity index (χ3v) is 10.3. The molecule has 268 valence electrons. The van der Waals surface area contributed by atoms with Crippen molar-refractivity contribution in [2.45, 2.75) is 11.2 Å². The Morgan fingerprint density at radius 2 is 0.927 bits per heavy atom. The van der Waals surface area contributed by atoms with E-state index >= 15 is 0 Å². The molecule has 0 aromatic heterocycles. The van der Waals surface area contributed by atoms with Gasteiger partial charge in [0.05, 0.1) is 22.3 Å². The molecule has 2 spiro atoms. The van der Waals surface area contributed by atoms with Crippen LogP contribution in [0.2, 0.25) is 0 Å². The van der Waals surface area contributed by atoms with E-state index in [4.69, 9.17) is 23.7 Å². The topological polar surface area (TPSA) is 195 Å². The van der Waals surface area contributed by atoms with Crippen molar-refractivity contribution in [2.75, 3.05) is 0 Å². The number of carboxylic acid groups (broad SMARTS) is 1. The lowest BCUT2D eigenvalue weighted by Gasteiger charge is -2.36. The molecule has 1 unspecified atom stereocenters. The smallest absolute Gasteiger partial charge is 0.344 e. The summed E-state index contributed by atoms with van der Waals surface area (Å²) in [5.74, 6) is -3.86. The number of aromatic hydroxyl groups is 3. The van der Waals surface area contributed by atoms with Gasteiger partial charge < -0.3 is 44.1 Å². The standard InChI is InChI=1S/C42H22O13/c43-19-7-11-25-31(15-19)52-32-16-20(44)8-12-26(32)41(25)30-6-2-4-24(36(30)40(50)55-41)38(48)51-22-10-14-28-34(18-22)53-33-17-21(45)9-13-27(33)42(28)29-5-1-3-23(37(46)47)35(29)39(49)54-42/h1-18,43-45H,(H,46,47). The van der Waals surface area contributed by atoms with Gasteiger partial charge in [0.25, 0.3) is 0 Å². The molecule has 1 atom stereocenters. The highest BCUT2D eigenvalue weighted by atomic mass is 16.6. The van der Waals surface area contributed by atoms with Crippen LogP contribution in [-0.2, 0) is 20.7 Å². The average Bonchev–Trinajstić information content (AvgIpc) is 3.62. The van der Waals surface area contributed by atoms with Gasteiger partial charge in [0, 0.05) is 57.6 Å². The first-order valence-corrected chi connectivity index (χ1v) is 16.7. The van der Waals surface area contributed by atoms with Crippen LogP contribution < -0.4 is 14.2 Å². The first-order chi connectivity index (χ1) is 26.5. The number of benzene rings is 6. The average molecular weight is 735 g/mol. The molecule has 0 aliphatic carbocycles. The maximum absolute atomic E-state index is 14.0. The zero-order valence-corrected chi connectivity index (χ0v) is 27.9. The number of esters is 3. The first kappa shape index (κ1) is 31.9. The Morgan fingerprint density at radius 3 is 1.40 bits per heavy atom. The lowest BCUT2D eigenvalue weighted by atomic mass is 9.77. The minimum Gasteiger partial charge on any atom is -0.508 e. The molecule has 0 radical (unpaired) electrons. The van der Waals surface area contributed by atoms with Gasteiger partial charge in [0.15, 0.2) is 11.2 Å². The molecule has 0 saturated carbocycles. The van der Waals surface area contributed by atoms with Crippen molar-refractivity contribution in [2.24, 2.45) is 0 Å². The summed E-state index contributed by atoms with van der Waals surface area (Å²) in [6, 6.07) is 26.2. The molecule has 4 aliphatic rings. The fourth-order valence-electron chi connectivity index (χ4n) is 8.06. The summed E-state index contributed by atoms with van der Waals surface area (Å²) in [5, 5.41) is 40.7. The van der Waals surface area contributed by atoms with E-state index in [2.05, 4.69) is 0 Å². The molecule has 13 nitrogen and oxygen atoms in total. The van der Waals surface area contributed by atoms with Crippen LogP contribution in [0.1, 0.15) is 74.8 Å². The highest BCUT2D eigenvalue weighted by Crippen LogP contribution is 2.59. The SMILES string of the molecule is O=C(O)c1cccc2c1C(=O)OC21c2ccc(O)cc2Oc2cc(OC(=O)c3cccc4c3C(=O)OC43c4ccc(O)cc4Oc4cc(O)ccc43)ccc21.